The summed E-state index contributed by atoms with van der Waals surface area (Å²) in [6.45, 7) is 1.42. The third kappa shape index (κ3) is 4.17. The molecule has 0 radical (unpaired) electrons. The Morgan fingerprint density at radius 1 is 1.33 bits per heavy atom. The quantitative estimate of drug-likeness (QED) is 0.238. The van der Waals surface area contributed by atoms with Gasteiger partial charge in [0.1, 0.15) is 0 Å². The highest BCUT2D eigenvalue weighted by Crippen LogP contribution is 2.32. The molecule has 7 N–H and O–H groups in total. The molecule has 2 rings (SSSR count). The SMILES string of the molecule is Cc1c(N=C(N)N=C(N)N)cc(S(=O)(=O)NC2CC2)cc1[N+](=O)[O-]. The molecule has 1 aliphatic rings. The summed E-state index contributed by atoms with van der Waals surface area (Å²) in [5, 5.41) is 11.2. The Morgan fingerprint density at radius 3 is 2.46 bits per heavy atom. The molecule has 130 valence electrons. The van der Waals surface area contributed by atoms with Crippen molar-refractivity contribution in [1.29, 1.82) is 0 Å². The Balaban J connectivity index is 2.57. The van der Waals surface area contributed by atoms with Gasteiger partial charge in [0.25, 0.3) is 5.69 Å². The predicted molar refractivity (Wildman–Crippen MR) is 88.3 cm³/mol. The minimum absolute atomic E-state index is 0.0112. The molecule has 0 unspecified atom stereocenters. The first kappa shape index (κ1) is 17.6. The van der Waals surface area contributed by atoms with Gasteiger partial charge in [-0.15, -0.1) is 0 Å². The smallest absolute Gasteiger partial charge is 0.275 e. The van der Waals surface area contributed by atoms with Crippen LogP contribution >= 0.6 is 0 Å². The average Bonchev–Trinajstić information content (AvgIpc) is 3.22. The fourth-order valence-corrected chi connectivity index (χ4v) is 3.23. The van der Waals surface area contributed by atoms with E-state index in [-0.39, 0.29) is 34.1 Å². The molecule has 1 aromatic rings. The van der Waals surface area contributed by atoms with Crippen LogP contribution in [0.15, 0.2) is 27.0 Å². The molecule has 1 aliphatic carbocycles. The summed E-state index contributed by atoms with van der Waals surface area (Å²) in [5.74, 6) is -0.695. The molecule has 24 heavy (non-hydrogen) atoms. The van der Waals surface area contributed by atoms with Crippen molar-refractivity contribution >= 4 is 33.3 Å². The van der Waals surface area contributed by atoms with E-state index in [0.29, 0.717) is 0 Å². The Labute approximate surface area is 137 Å². The van der Waals surface area contributed by atoms with E-state index in [0.717, 1.165) is 18.9 Å². The number of hydrogen-bond donors (Lipinski definition) is 4. The van der Waals surface area contributed by atoms with E-state index >= 15 is 0 Å². The van der Waals surface area contributed by atoms with Crippen LogP contribution in [0.3, 0.4) is 0 Å². The van der Waals surface area contributed by atoms with Crippen LogP contribution in [0.2, 0.25) is 0 Å². The van der Waals surface area contributed by atoms with E-state index in [2.05, 4.69) is 14.7 Å². The third-order valence-corrected chi connectivity index (χ3v) is 4.71. The van der Waals surface area contributed by atoms with Gasteiger partial charge in [0.2, 0.25) is 16.0 Å². The number of aliphatic imine (C=N–C) groups is 2. The monoisotopic (exact) mass is 355 g/mol. The normalized spacial score (nSPS) is 15.1. The minimum Gasteiger partial charge on any atom is -0.370 e. The van der Waals surface area contributed by atoms with Crippen molar-refractivity contribution in [2.24, 2.45) is 27.2 Å². The number of nitrogens with one attached hydrogen (secondary N) is 1. The van der Waals surface area contributed by atoms with Gasteiger partial charge in [-0.25, -0.2) is 18.1 Å². The fourth-order valence-electron chi connectivity index (χ4n) is 1.89. The molecule has 1 saturated carbocycles. The van der Waals surface area contributed by atoms with Gasteiger partial charge in [-0.1, -0.05) is 0 Å². The summed E-state index contributed by atoms with van der Waals surface area (Å²) in [6.07, 6.45) is 1.46. The second-order valence-corrected chi connectivity index (χ2v) is 6.96. The van der Waals surface area contributed by atoms with Gasteiger partial charge in [-0.3, -0.25) is 10.1 Å². The molecule has 0 saturated heterocycles. The first-order valence-corrected chi connectivity index (χ1v) is 8.33. The molecule has 0 bridgehead atoms. The number of sulfonamides is 1. The second-order valence-electron chi connectivity index (χ2n) is 5.25. The van der Waals surface area contributed by atoms with Crippen molar-refractivity contribution in [3.63, 3.8) is 0 Å². The largest absolute Gasteiger partial charge is 0.370 e. The van der Waals surface area contributed by atoms with Gasteiger partial charge >= 0.3 is 0 Å². The maximum Gasteiger partial charge on any atom is 0.275 e. The van der Waals surface area contributed by atoms with E-state index in [9.17, 15) is 18.5 Å². The maximum atomic E-state index is 12.3. The highest BCUT2D eigenvalue weighted by atomic mass is 32.2. The van der Waals surface area contributed by atoms with E-state index in [4.69, 9.17) is 17.2 Å². The van der Waals surface area contributed by atoms with E-state index in [1.165, 1.54) is 13.0 Å². The van der Waals surface area contributed by atoms with Crippen molar-refractivity contribution in [2.45, 2.75) is 30.7 Å². The van der Waals surface area contributed by atoms with Crippen LogP contribution in [-0.2, 0) is 10.0 Å². The lowest BCUT2D eigenvalue weighted by molar-refractivity contribution is -0.385. The van der Waals surface area contributed by atoms with Gasteiger partial charge in [-0.2, -0.15) is 4.99 Å². The van der Waals surface area contributed by atoms with Crippen molar-refractivity contribution in [2.75, 3.05) is 0 Å². The van der Waals surface area contributed by atoms with Crippen LogP contribution in [-0.4, -0.2) is 31.3 Å². The molecule has 1 fully saturated rings. The standard InChI is InChI=1S/C12H17N7O4S/c1-6-9(16-12(15)17-11(13)14)4-8(5-10(6)19(20)21)24(22,23)18-7-2-3-7/h4-5,7,18H,2-3H2,1H3,(H6,13,14,15,16,17). The minimum atomic E-state index is -3.90. The van der Waals surface area contributed by atoms with E-state index < -0.39 is 20.6 Å². The molecule has 0 atom stereocenters. The molecule has 0 aromatic heterocycles. The van der Waals surface area contributed by atoms with Crippen LogP contribution in [0.1, 0.15) is 18.4 Å². The number of nitrogens with two attached hydrogens (primary N) is 3. The highest BCUT2D eigenvalue weighted by molar-refractivity contribution is 7.89. The first-order chi connectivity index (χ1) is 11.1. The molecule has 1 aromatic carbocycles. The van der Waals surface area contributed by atoms with Gasteiger partial charge in [0.05, 0.1) is 21.1 Å². The number of guanidine groups is 2. The topological polar surface area (TPSA) is 192 Å². The Hall–Kier alpha value is -2.73. The van der Waals surface area contributed by atoms with Crippen LogP contribution < -0.4 is 21.9 Å². The lowest BCUT2D eigenvalue weighted by Gasteiger charge is -2.09. The summed E-state index contributed by atoms with van der Waals surface area (Å²) in [7, 11) is -3.90. The molecule has 0 spiro atoms. The van der Waals surface area contributed by atoms with Gasteiger partial charge < -0.3 is 17.2 Å². The van der Waals surface area contributed by atoms with Crippen molar-refractivity contribution in [3.05, 3.63) is 27.8 Å². The second kappa shape index (κ2) is 6.41. The van der Waals surface area contributed by atoms with E-state index in [1.807, 2.05) is 0 Å². The lowest BCUT2D eigenvalue weighted by Crippen LogP contribution is -2.26. The number of nitro groups is 1. The summed E-state index contributed by atoms with van der Waals surface area (Å²) in [5.41, 5.74) is 15.6. The lowest BCUT2D eigenvalue weighted by atomic mass is 10.1. The summed E-state index contributed by atoms with van der Waals surface area (Å²) < 4.78 is 27.1. The zero-order chi connectivity index (χ0) is 18.1. The molecule has 0 aliphatic heterocycles. The Kier molecular flexibility index (Phi) is 4.71. The molecule has 12 heteroatoms. The van der Waals surface area contributed by atoms with Crippen molar-refractivity contribution in [3.8, 4) is 0 Å². The molecule has 0 heterocycles. The molecule has 11 nitrogen and oxygen atoms in total. The number of nitrogens with zero attached hydrogens (tertiary/aromatic N) is 3. The van der Waals surface area contributed by atoms with Crippen molar-refractivity contribution in [1.82, 2.24) is 4.72 Å². The zero-order valence-electron chi connectivity index (χ0n) is 12.8. The maximum absolute atomic E-state index is 12.3. The fraction of sp³-hybridized carbons (Fsp3) is 0.333. The molecular weight excluding hydrogens is 338 g/mol. The summed E-state index contributed by atoms with van der Waals surface area (Å²) >= 11 is 0. The molecular formula is C12H17N7O4S. The summed E-state index contributed by atoms with van der Waals surface area (Å²) in [6, 6.07) is 2.02. The number of benzene rings is 1. The van der Waals surface area contributed by atoms with Crippen LogP contribution in [0.25, 0.3) is 0 Å². The van der Waals surface area contributed by atoms with Crippen LogP contribution in [0.4, 0.5) is 11.4 Å². The van der Waals surface area contributed by atoms with Crippen molar-refractivity contribution < 1.29 is 13.3 Å². The third-order valence-electron chi connectivity index (χ3n) is 3.21. The average molecular weight is 355 g/mol. The van der Waals surface area contributed by atoms with Gasteiger partial charge in [0, 0.05) is 12.1 Å². The van der Waals surface area contributed by atoms with Crippen LogP contribution in [0.5, 0.6) is 0 Å². The van der Waals surface area contributed by atoms with Gasteiger partial charge in [-0.05, 0) is 25.8 Å². The van der Waals surface area contributed by atoms with Gasteiger partial charge in [0.15, 0.2) is 5.96 Å². The van der Waals surface area contributed by atoms with Crippen LogP contribution in [0, 0.1) is 17.0 Å². The number of rotatable bonds is 5. The Bertz CT molecular complexity index is 839. The zero-order valence-corrected chi connectivity index (χ0v) is 13.6. The first-order valence-electron chi connectivity index (χ1n) is 6.85. The number of nitro benzene ring substituents is 1. The summed E-state index contributed by atoms with van der Waals surface area (Å²) in [4.78, 5) is 17.6. The Morgan fingerprint density at radius 2 is 1.96 bits per heavy atom. The highest BCUT2D eigenvalue weighted by Gasteiger charge is 2.30. The number of hydrogen-bond acceptors (Lipinski definition) is 5. The molecule has 0 amide bonds. The van der Waals surface area contributed by atoms with E-state index in [1.54, 1.807) is 0 Å². The predicted octanol–water partition coefficient (Wildman–Crippen LogP) is -0.436.